The highest BCUT2D eigenvalue weighted by Crippen LogP contribution is 2.35. The molecule has 12 heavy (non-hydrogen) atoms. The van der Waals surface area contributed by atoms with Gasteiger partial charge in [-0.25, -0.2) is 8.78 Å². The van der Waals surface area contributed by atoms with Crippen molar-refractivity contribution >= 4 is 0 Å². The third-order valence-corrected chi connectivity index (χ3v) is 2.23. The second-order valence-electron chi connectivity index (χ2n) is 4.56. The first-order valence-corrected chi connectivity index (χ1v) is 4.31. The van der Waals surface area contributed by atoms with Crippen molar-refractivity contribution in [2.75, 3.05) is 6.61 Å². The lowest BCUT2D eigenvalue weighted by Crippen LogP contribution is -2.40. The van der Waals surface area contributed by atoms with Crippen LogP contribution in [0, 0.1) is 5.41 Å². The van der Waals surface area contributed by atoms with Gasteiger partial charge in [0.15, 0.2) is 0 Å². The highest BCUT2D eigenvalue weighted by Gasteiger charge is 2.39. The standard InChI is InChI=1S/C9H16F2O/c1-8(2,3)7-4-5-9(10,11)6-12-7/h7H,4-6H2,1-3H3. The number of hydrogen-bond donors (Lipinski definition) is 0. The molecule has 72 valence electrons. The maximum atomic E-state index is 12.6. The van der Waals surface area contributed by atoms with E-state index in [-0.39, 0.29) is 17.9 Å². The lowest BCUT2D eigenvalue weighted by atomic mass is 9.84. The molecule has 1 nitrogen and oxygen atoms in total. The number of alkyl halides is 2. The van der Waals surface area contributed by atoms with Crippen molar-refractivity contribution in [1.29, 1.82) is 0 Å². The summed E-state index contributed by atoms with van der Waals surface area (Å²) in [6, 6.07) is 0. The molecule has 0 spiro atoms. The molecule has 1 aliphatic heterocycles. The smallest absolute Gasteiger partial charge is 0.271 e. The number of halogens is 2. The van der Waals surface area contributed by atoms with Gasteiger partial charge in [-0.1, -0.05) is 20.8 Å². The Bertz CT molecular complexity index is 150. The van der Waals surface area contributed by atoms with E-state index in [0.29, 0.717) is 6.42 Å². The molecule has 1 heterocycles. The van der Waals surface area contributed by atoms with Gasteiger partial charge in [0, 0.05) is 6.42 Å². The zero-order valence-corrected chi connectivity index (χ0v) is 7.86. The zero-order chi connectivity index (χ0) is 9.41. The van der Waals surface area contributed by atoms with Crippen molar-refractivity contribution in [2.45, 2.75) is 45.6 Å². The van der Waals surface area contributed by atoms with Crippen LogP contribution < -0.4 is 0 Å². The van der Waals surface area contributed by atoms with Crippen LogP contribution in [0.25, 0.3) is 0 Å². The topological polar surface area (TPSA) is 9.23 Å². The van der Waals surface area contributed by atoms with Gasteiger partial charge in [0.1, 0.15) is 6.61 Å². The third kappa shape index (κ3) is 2.41. The summed E-state index contributed by atoms with van der Waals surface area (Å²) in [6.45, 7) is 5.64. The summed E-state index contributed by atoms with van der Waals surface area (Å²) in [4.78, 5) is 0. The predicted octanol–water partition coefficient (Wildman–Crippen LogP) is 2.85. The predicted molar refractivity (Wildman–Crippen MR) is 43.4 cm³/mol. The monoisotopic (exact) mass is 178 g/mol. The molecule has 1 atom stereocenters. The van der Waals surface area contributed by atoms with Gasteiger partial charge in [0.2, 0.25) is 0 Å². The van der Waals surface area contributed by atoms with E-state index in [1.54, 1.807) is 0 Å². The Morgan fingerprint density at radius 1 is 1.33 bits per heavy atom. The van der Waals surface area contributed by atoms with Gasteiger partial charge in [0.05, 0.1) is 6.10 Å². The molecular weight excluding hydrogens is 162 g/mol. The quantitative estimate of drug-likeness (QED) is 0.554. The molecule has 1 unspecified atom stereocenters. The molecule has 0 bridgehead atoms. The van der Waals surface area contributed by atoms with Crippen molar-refractivity contribution < 1.29 is 13.5 Å². The molecule has 0 aliphatic carbocycles. The van der Waals surface area contributed by atoms with E-state index in [1.165, 1.54) is 0 Å². The highest BCUT2D eigenvalue weighted by molar-refractivity contribution is 4.82. The van der Waals surface area contributed by atoms with E-state index >= 15 is 0 Å². The van der Waals surface area contributed by atoms with Crippen LogP contribution >= 0.6 is 0 Å². The fourth-order valence-corrected chi connectivity index (χ4v) is 1.40. The van der Waals surface area contributed by atoms with E-state index < -0.39 is 12.5 Å². The van der Waals surface area contributed by atoms with E-state index in [1.807, 2.05) is 20.8 Å². The molecule has 0 aromatic heterocycles. The Morgan fingerprint density at radius 3 is 2.25 bits per heavy atom. The molecular formula is C9H16F2O. The van der Waals surface area contributed by atoms with Gasteiger partial charge >= 0.3 is 0 Å². The van der Waals surface area contributed by atoms with Crippen LogP contribution in [0.3, 0.4) is 0 Å². The molecule has 0 aromatic rings. The third-order valence-electron chi connectivity index (χ3n) is 2.23. The molecule has 0 radical (unpaired) electrons. The van der Waals surface area contributed by atoms with E-state index in [0.717, 1.165) is 0 Å². The van der Waals surface area contributed by atoms with Crippen molar-refractivity contribution in [1.82, 2.24) is 0 Å². The van der Waals surface area contributed by atoms with Crippen LogP contribution in [0.2, 0.25) is 0 Å². The largest absolute Gasteiger partial charge is 0.371 e. The maximum absolute atomic E-state index is 12.6. The first-order valence-electron chi connectivity index (χ1n) is 4.31. The first kappa shape index (κ1) is 9.90. The average molecular weight is 178 g/mol. The summed E-state index contributed by atoms with van der Waals surface area (Å²) < 4.78 is 30.4. The molecule has 0 saturated carbocycles. The van der Waals surface area contributed by atoms with Crippen LogP contribution in [0.5, 0.6) is 0 Å². The molecule has 0 N–H and O–H groups in total. The molecule has 1 fully saturated rings. The zero-order valence-electron chi connectivity index (χ0n) is 7.86. The summed E-state index contributed by atoms with van der Waals surface area (Å²) in [6.07, 6.45) is 0.419. The van der Waals surface area contributed by atoms with Gasteiger partial charge in [0.25, 0.3) is 5.92 Å². The van der Waals surface area contributed by atoms with Crippen molar-refractivity contribution in [3.63, 3.8) is 0 Å². The van der Waals surface area contributed by atoms with Gasteiger partial charge < -0.3 is 4.74 Å². The summed E-state index contributed by atoms with van der Waals surface area (Å²) >= 11 is 0. The average Bonchev–Trinajstić information content (AvgIpc) is 1.83. The normalized spacial score (nSPS) is 30.2. The SMILES string of the molecule is CC(C)(C)C1CCC(F)(F)CO1. The number of hydrogen-bond acceptors (Lipinski definition) is 1. The lowest BCUT2D eigenvalue weighted by Gasteiger charge is -2.36. The number of ether oxygens (including phenoxy) is 1. The van der Waals surface area contributed by atoms with Crippen molar-refractivity contribution in [3.8, 4) is 0 Å². The minimum atomic E-state index is -2.60. The summed E-state index contributed by atoms with van der Waals surface area (Å²) in [5.41, 5.74) is -0.0174. The Morgan fingerprint density at radius 2 is 1.92 bits per heavy atom. The molecule has 1 rings (SSSR count). The summed E-state index contributed by atoms with van der Waals surface area (Å²) in [5, 5.41) is 0. The second-order valence-corrected chi connectivity index (χ2v) is 4.56. The molecule has 1 aliphatic rings. The van der Waals surface area contributed by atoms with Crippen LogP contribution in [-0.4, -0.2) is 18.6 Å². The maximum Gasteiger partial charge on any atom is 0.271 e. The fourth-order valence-electron chi connectivity index (χ4n) is 1.40. The van der Waals surface area contributed by atoms with E-state index in [2.05, 4.69) is 0 Å². The second kappa shape index (κ2) is 2.95. The molecule has 0 aromatic carbocycles. The Balaban J connectivity index is 2.47. The van der Waals surface area contributed by atoms with Crippen LogP contribution in [0.15, 0.2) is 0 Å². The Hall–Kier alpha value is -0.180. The summed E-state index contributed by atoms with van der Waals surface area (Å²) in [7, 11) is 0. The number of rotatable bonds is 0. The lowest BCUT2D eigenvalue weighted by molar-refractivity contribution is -0.166. The van der Waals surface area contributed by atoms with Crippen LogP contribution in [-0.2, 0) is 4.74 Å². The minimum Gasteiger partial charge on any atom is -0.371 e. The van der Waals surface area contributed by atoms with Crippen LogP contribution in [0.4, 0.5) is 8.78 Å². The van der Waals surface area contributed by atoms with Gasteiger partial charge in [-0.05, 0) is 11.8 Å². The minimum absolute atomic E-state index is 0.0166. The van der Waals surface area contributed by atoms with Gasteiger partial charge in [-0.3, -0.25) is 0 Å². The molecule has 3 heteroatoms. The fraction of sp³-hybridized carbons (Fsp3) is 1.00. The van der Waals surface area contributed by atoms with Gasteiger partial charge in [-0.15, -0.1) is 0 Å². The van der Waals surface area contributed by atoms with E-state index in [9.17, 15) is 8.78 Å². The summed E-state index contributed by atoms with van der Waals surface area (Å²) in [5.74, 6) is -2.60. The highest BCUT2D eigenvalue weighted by atomic mass is 19.3. The first-order chi connectivity index (χ1) is 5.31. The Kier molecular flexibility index (Phi) is 2.43. The van der Waals surface area contributed by atoms with Crippen molar-refractivity contribution in [2.24, 2.45) is 5.41 Å². The Labute approximate surface area is 72.1 Å². The van der Waals surface area contributed by atoms with E-state index in [4.69, 9.17) is 4.74 Å². The van der Waals surface area contributed by atoms with Crippen molar-refractivity contribution in [3.05, 3.63) is 0 Å². The van der Waals surface area contributed by atoms with Crippen LogP contribution in [0.1, 0.15) is 33.6 Å². The van der Waals surface area contributed by atoms with Gasteiger partial charge in [-0.2, -0.15) is 0 Å². The molecule has 1 saturated heterocycles. The molecule has 0 amide bonds.